The Bertz CT molecular complexity index is 680. The Labute approximate surface area is 107 Å². The van der Waals surface area contributed by atoms with Crippen molar-refractivity contribution in [1.82, 2.24) is 25.3 Å². The van der Waals surface area contributed by atoms with E-state index in [1.54, 1.807) is 11.8 Å². The minimum Gasteiger partial charge on any atom is -0.339 e. The first-order chi connectivity index (χ1) is 8.85. The van der Waals surface area contributed by atoms with Crippen LogP contribution < -0.4 is 5.32 Å². The van der Waals surface area contributed by atoms with Crippen LogP contribution in [0.4, 0.5) is 11.5 Å². The molecular formula is C11H10N6S. The fourth-order valence-electron chi connectivity index (χ4n) is 1.56. The Morgan fingerprint density at radius 3 is 3.06 bits per heavy atom. The summed E-state index contributed by atoms with van der Waals surface area (Å²) in [6, 6.07) is 11.8. The summed E-state index contributed by atoms with van der Waals surface area (Å²) in [5.41, 5.74) is 1.61. The molecule has 0 saturated carbocycles. The Morgan fingerprint density at radius 1 is 1.22 bits per heavy atom. The zero-order chi connectivity index (χ0) is 12.4. The molecule has 0 aliphatic heterocycles. The predicted molar refractivity (Wildman–Crippen MR) is 70.1 cm³/mol. The summed E-state index contributed by atoms with van der Waals surface area (Å²) >= 11 is 1.70. The van der Waals surface area contributed by atoms with Crippen LogP contribution in [-0.2, 0) is 0 Å². The molecule has 0 fully saturated rings. The SMILES string of the molecule is CSc1cccc(Nc2ccc3nnnn3n2)c1. The number of fused-ring (bicyclic) bond motifs is 1. The quantitative estimate of drug-likeness (QED) is 0.724. The molecule has 0 saturated heterocycles. The average molecular weight is 258 g/mol. The van der Waals surface area contributed by atoms with Crippen LogP contribution in [-0.4, -0.2) is 31.5 Å². The van der Waals surface area contributed by atoms with Crippen molar-refractivity contribution >= 4 is 28.9 Å². The Kier molecular flexibility index (Phi) is 2.81. The number of benzene rings is 1. The summed E-state index contributed by atoms with van der Waals surface area (Å²) < 4.78 is 1.39. The lowest BCUT2D eigenvalue weighted by Crippen LogP contribution is -2.00. The van der Waals surface area contributed by atoms with Crippen LogP contribution in [0.15, 0.2) is 41.3 Å². The van der Waals surface area contributed by atoms with Crippen LogP contribution in [0.5, 0.6) is 0 Å². The second-order valence-corrected chi connectivity index (χ2v) is 4.48. The zero-order valence-electron chi connectivity index (χ0n) is 9.61. The number of hydrogen-bond donors (Lipinski definition) is 1. The monoisotopic (exact) mass is 258 g/mol. The van der Waals surface area contributed by atoms with Crippen LogP contribution in [0, 0.1) is 0 Å². The standard InChI is InChI=1S/C11H10N6S/c1-18-9-4-2-3-8(7-9)12-10-5-6-11-13-15-16-17(11)14-10/h2-7H,1H3,(H,12,14). The largest absolute Gasteiger partial charge is 0.339 e. The van der Waals surface area contributed by atoms with Crippen molar-refractivity contribution in [3.63, 3.8) is 0 Å². The van der Waals surface area contributed by atoms with E-state index in [1.807, 2.05) is 30.5 Å². The molecule has 0 radical (unpaired) electrons. The number of anilines is 2. The van der Waals surface area contributed by atoms with Gasteiger partial charge in [0.2, 0.25) is 0 Å². The minimum atomic E-state index is 0.624. The molecular weight excluding hydrogens is 248 g/mol. The molecule has 0 bridgehead atoms. The number of hydrogen-bond acceptors (Lipinski definition) is 6. The molecule has 90 valence electrons. The van der Waals surface area contributed by atoms with E-state index in [0.717, 1.165) is 5.69 Å². The van der Waals surface area contributed by atoms with E-state index in [2.05, 4.69) is 38.1 Å². The molecule has 0 spiro atoms. The molecule has 0 aliphatic rings. The molecule has 7 heteroatoms. The van der Waals surface area contributed by atoms with Gasteiger partial charge in [-0.2, -0.15) is 0 Å². The lowest BCUT2D eigenvalue weighted by atomic mass is 10.3. The van der Waals surface area contributed by atoms with Gasteiger partial charge in [0, 0.05) is 10.6 Å². The summed E-state index contributed by atoms with van der Waals surface area (Å²) in [6.07, 6.45) is 2.05. The average Bonchev–Trinajstić information content (AvgIpc) is 2.86. The third-order valence-corrected chi connectivity index (χ3v) is 3.14. The molecule has 0 aliphatic carbocycles. The zero-order valence-corrected chi connectivity index (χ0v) is 10.4. The van der Waals surface area contributed by atoms with E-state index in [4.69, 9.17) is 0 Å². The van der Waals surface area contributed by atoms with Gasteiger partial charge in [-0.05, 0) is 47.0 Å². The highest BCUT2D eigenvalue weighted by molar-refractivity contribution is 7.98. The van der Waals surface area contributed by atoms with Gasteiger partial charge in [-0.15, -0.1) is 26.6 Å². The van der Waals surface area contributed by atoms with E-state index < -0.39 is 0 Å². The van der Waals surface area contributed by atoms with E-state index >= 15 is 0 Å². The number of aromatic nitrogens is 5. The Hall–Kier alpha value is -2.15. The molecule has 3 aromatic rings. The summed E-state index contributed by atoms with van der Waals surface area (Å²) in [5, 5.41) is 18.6. The van der Waals surface area contributed by atoms with Gasteiger partial charge in [-0.1, -0.05) is 6.07 Å². The molecule has 6 nitrogen and oxygen atoms in total. The molecule has 0 unspecified atom stereocenters. The molecule has 18 heavy (non-hydrogen) atoms. The van der Waals surface area contributed by atoms with Gasteiger partial charge in [-0.25, -0.2) is 0 Å². The van der Waals surface area contributed by atoms with Crippen molar-refractivity contribution in [2.45, 2.75) is 4.90 Å². The maximum absolute atomic E-state index is 4.25. The van der Waals surface area contributed by atoms with E-state index in [-0.39, 0.29) is 0 Å². The Morgan fingerprint density at radius 2 is 2.17 bits per heavy atom. The molecule has 2 aromatic heterocycles. The first-order valence-corrected chi connectivity index (χ1v) is 6.54. The lowest BCUT2D eigenvalue weighted by molar-refractivity contribution is 0.736. The summed E-state index contributed by atoms with van der Waals surface area (Å²) in [6.45, 7) is 0. The maximum atomic E-state index is 4.25. The summed E-state index contributed by atoms with van der Waals surface area (Å²) in [7, 11) is 0. The third kappa shape index (κ3) is 2.12. The summed E-state index contributed by atoms with van der Waals surface area (Å²) in [5.74, 6) is 0.702. The van der Waals surface area contributed by atoms with Gasteiger partial charge < -0.3 is 5.32 Å². The molecule has 1 N–H and O–H groups in total. The summed E-state index contributed by atoms with van der Waals surface area (Å²) in [4.78, 5) is 1.20. The molecule has 2 heterocycles. The highest BCUT2D eigenvalue weighted by Crippen LogP contribution is 2.21. The number of rotatable bonds is 3. The molecule has 0 atom stereocenters. The van der Waals surface area contributed by atoms with Crippen LogP contribution in [0.2, 0.25) is 0 Å². The van der Waals surface area contributed by atoms with Gasteiger partial charge in [0.1, 0.15) is 0 Å². The lowest BCUT2D eigenvalue weighted by Gasteiger charge is -2.06. The first-order valence-electron chi connectivity index (χ1n) is 5.32. The molecule has 0 amide bonds. The Balaban J connectivity index is 1.90. The van der Waals surface area contributed by atoms with Gasteiger partial charge in [0.05, 0.1) is 0 Å². The van der Waals surface area contributed by atoms with Crippen LogP contribution in [0.1, 0.15) is 0 Å². The highest BCUT2D eigenvalue weighted by Gasteiger charge is 2.01. The van der Waals surface area contributed by atoms with Crippen LogP contribution in [0.3, 0.4) is 0 Å². The highest BCUT2D eigenvalue weighted by atomic mass is 32.2. The predicted octanol–water partition coefficient (Wildman–Crippen LogP) is 1.98. The van der Waals surface area contributed by atoms with Crippen molar-refractivity contribution in [1.29, 1.82) is 0 Å². The van der Waals surface area contributed by atoms with Crippen molar-refractivity contribution in [2.75, 3.05) is 11.6 Å². The smallest absolute Gasteiger partial charge is 0.200 e. The van der Waals surface area contributed by atoms with Gasteiger partial charge in [0.15, 0.2) is 11.5 Å². The maximum Gasteiger partial charge on any atom is 0.200 e. The number of thioether (sulfide) groups is 1. The normalized spacial score (nSPS) is 10.7. The van der Waals surface area contributed by atoms with E-state index in [0.29, 0.717) is 11.5 Å². The molecule has 1 aromatic carbocycles. The van der Waals surface area contributed by atoms with Crippen molar-refractivity contribution < 1.29 is 0 Å². The van der Waals surface area contributed by atoms with Gasteiger partial charge >= 0.3 is 0 Å². The van der Waals surface area contributed by atoms with Gasteiger partial charge in [-0.3, -0.25) is 0 Å². The van der Waals surface area contributed by atoms with Crippen LogP contribution in [0.25, 0.3) is 5.65 Å². The minimum absolute atomic E-state index is 0.624. The fraction of sp³-hybridized carbons (Fsp3) is 0.0909. The first kappa shape index (κ1) is 11.0. The number of nitrogens with one attached hydrogen (secondary N) is 1. The van der Waals surface area contributed by atoms with Crippen LogP contribution >= 0.6 is 11.8 Å². The topological polar surface area (TPSA) is 68.0 Å². The second-order valence-electron chi connectivity index (χ2n) is 3.60. The second kappa shape index (κ2) is 4.61. The van der Waals surface area contributed by atoms with E-state index in [9.17, 15) is 0 Å². The van der Waals surface area contributed by atoms with Crippen molar-refractivity contribution in [3.8, 4) is 0 Å². The fourth-order valence-corrected chi connectivity index (χ4v) is 2.02. The molecule has 3 rings (SSSR count). The third-order valence-electron chi connectivity index (χ3n) is 2.41. The van der Waals surface area contributed by atoms with Crippen molar-refractivity contribution in [2.24, 2.45) is 0 Å². The van der Waals surface area contributed by atoms with Gasteiger partial charge in [0.25, 0.3) is 0 Å². The number of tetrazole rings is 1. The van der Waals surface area contributed by atoms with Crippen molar-refractivity contribution in [3.05, 3.63) is 36.4 Å². The number of nitrogens with zero attached hydrogens (tertiary/aromatic N) is 5. The van der Waals surface area contributed by atoms with E-state index in [1.165, 1.54) is 9.53 Å².